The number of para-hydroxylation sites is 3. The summed E-state index contributed by atoms with van der Waals surface area (Å²) in [5, 5.41) is 15.0. The minimum Gasteiger partial charge on any atom is -0.309 e. The van der Waals surface area contributed by atoms with E-state index in [4.69, 9.17) is 29.9 Å². The van der Waals surface area contributed by atoms with E-state index < -0.39 is 0 Å². The zero-order valence-corrected chi connectivity index (χ0v) is 70.0. The van der Waals surface area contributed by atoms with E-state index in [0.29, 0.717) is 0 Å². The molecule has 0 atom stereocenters. The molecule has 0 amide bonds. The lowest BCUT2D eigenvalue weighted by molar-refractivity contribution is 1.18. The van der Waals surface area contributed by atoms with Gasteiger partial charge in [-0.05, 0) is 158 Å². The van der Waals surface area contributed by atoms with Gasteiger partial charge in [-0.15, -0.1) is 0 Å². The van der Waals surface area contributed by atoms with Crippen LogP contribution in [0.3, 0.4) is 0 Å². The first kappa shape index (κ1) is 75.4. The van der Waals surface area contributed by atoms with Crippen LogP contribution in [-0.4, -0.2) is 43.6 Å². The summed E-state index contributed by atoms with van der Waals surface area (Å²) in [6.07, 6.45) is 0. The highest BCUT2D eigenvalue weighted by Gasteiger charge is 2.23. The molecule has 26 aromatic rings. The first-order valence-electron chi connectivity index (χ1n) is 43.7. The van der Waals surface area contributed by atoms with E-state index in [1.165, 1.54) is 97.7 Å². The molecule has 0 fully saturated rings. The van der Waals surface area contributed by atoms with Gasteiger partial charge in [0.25, 0.3) is 0 Å². The fourth-order valence-electron chi connectivity index (χ4n) is 18.9. The molecule has 20 aromatic carbocycles. The third-order valence-electron chi connectivity index (χ3n) is 25.1. The van der Waals surface area contributed by atoms with Crippen molar-refractivity contribution in [1.29, 1.82) is 0 Å². The van der Waals surface area contributed by atoms with Gasteiger partial charge in [-0.1, -0.05) is 358 Å². The monoisotopic (exact) mass is 1640 g/mol. The van der Waals surface area contributed by atoms with Gasteiger partial charge in [0.2, 0.25) is 0 Å². The van der Waals surface area contributed by atoms with Crippen LogP contribution in [0.15, 0.2) is 467 Å². The number of rotatable bonds is 11. The first-order chi connectivity index (χ1) is 63.9. The Morgan fingerprint density at radius 3 is 0.791 bits per heavy atom. The number of hydrogen-bond donors (Lipinski definition) is 0. The topological polar surface area (TPSA) is 92.1 Å². The lowest BCUT2D eigenvalue weighted by atomic mass is 10.0. The molecule has 0 aliphatic rings. The van der Waals surface area contributed by atoms with Crippen LogP contribution in [0, 0.1) is 0 Å². The highest BCUT2D eigenvalue weighted by atomic mass is 15.0. The Hall–Kier alpha value is -17.4. The average molecular weight is 1640 g/mol. The second-order valence-electron chi connectivity index (χ2n) is 32.8. The lowest BCUT2D eigenvalue weighted by Crippen LogP contribution is -1.98. The molecule has 0 saturated heterocycles. The van der Waals surface area contributed by atoms with Gasteiger partial charge in [0.15, 0.2) is 0 Å². The molecule has 9 nitrogen and oxygen atoms in total. The number of nitrogens with zero attached hydrogens (tertiary/aromatic N) is 9. The van der Waals surface area contributed by atoms with Crippen molar-refractivity contribution in [2.45, 2.75) is 0 Å². The summed E-state index contributed by atoms with van der Waals surface area (Å²) < 4.78 is 7.13. The molecular weight excluding hydrogens is 1570 g/mol. The van der Waals surface area contributed by atoms with Crippen molar-refractivity contribution >= 4 is 131 Å². The summed E-state index contributed by atoms with van der Waals surface area (Å²) in [6, 6.07) is 164. The van der Waals surface area contributed by atoms with Crippen LogP contribution in [0.25, 0.3) is 238 Å². The third-order valence-corrected chi connectivity index (χ3v) is 25.1. The van der Waals surface area contributed by atoms with Crippen molar-refractivity contribution in [1.82, 2.24) is 43.6 Å². The van der Waals surface area contributed by atoms with Gasteiger partial charge in [-0.2, -0.15) is 0 Å². The zero-order valence-electron chi connectivity index (χ0n) is 70.0. The average Bonchev–Trinajstić information content (AvgIpc) is 1.59. The van der Waals surface area contributed by atoms with E-state index in [2.05, 4.69) is 384 Å². The van der Waals surface area contributed by atoms with Crippen molar-refractivity contribution < 1.29 is 0 Å². The van der Waals surface area contributed by atoms with Crippen LogP contribution in [0.1, 0.15) is 0 Å². The number of aromatic nitrogens is 9. The highest BCUT2D eigenvalue weighted by molar-refractivity contribution is 6.19. The van der Waals surface area contributed by atoms with E-state index in [1.807, 2.05) is 97.1 Å². The smallest absolute Gasteiger partial charge is 0.0973 e. The molecule has 9 heteroatoms. The second kappa shape index (κ2) is 32.0. The quantitative estimate of drug-likeness (QED) is 0.128. The minimum atomic E-state index is 0.873. The molecule has 0 spiro atoms. The van der Waals surface area contributed by atoms with Gasteiger partial charge in [-0.25, -0.2) is 29.9 Å². The van der Waals surface area contributed by atoms with Gasteiger partial charge >= 0.3 is 0 Å². The summed E-state index contributed by atoms with van der Waals surface area (Å²) in [5.74, 6) is 0. The van der Waals surface area contributed by atoms with E-state index in [1.54, 1.807) is 0 Å². The van der Waals surface area contributed by atoms with Gasteiger partial charge in [-0.3, -0.25) is 0 Å². The second-order valence-corrected chi connectivity index (χ2v) is 32.8. The first-order valence-corrected chi connectivity index (χ1v) is 43.7. The van der Waals surface area contributed by atoms with Gasteiger partial charge < -0.3 is 13.7 Å². The Balaban J connectivity index is 0.000000108. The van der Waals surface area contributed by atoms with Crippen LogP contribution in [0.2, 0.25) is 0 Å². The Kier molecular flexibility index (Phi) is 18.7. The molecule has 26 rings (SSSR count). The van der Waals surface area contributed by atoms with Crippen LogP contribution in [0.5, 0.6) is 0 Å². The normalized spacial score (nSPS) is 11.6. The van der Waals surface area contributed by atoms with E-state index >= 15 is 0 Å². The van der Waals surface area contributed by atoms with Crippen LogP contribution in [0.4, 0.5) is 0 Å². The SMILES string of the molecule is c1ccc(-c2nc3ccc(-c4ccc(-n5c6ccccc6c6cc7ccccc7cc65)cc4)cc3nc2-c2ccccc2)cc1.c1ccc(-c2nc3ccc(-c4ccc(-n5c6ccccc6c6ccc7ccccc7c65)cc4)cc3nc2-c2ccccc2)cc1.c1ccc(-c2nc3ccc(-n4c5ccccc5c5cc6ccccc6cc54)cc3nc2-c2ccccc2)cc1. The maximum absolute atomic E-state index is 5.23. The fraction of sp³-hybridized carbons (Fsp3) is 0. The van der Waals surface area contributed by atoms with Crippen molar-refractivity contribution in [3.63, 3.8) is 0 Å². The van der Waals surface area contributed by atoms with Crippen molar-refractivity contribution in [2.75, 3.05) is 0 Å². The minimum absolute atomic E-state index is 0.873. The summed E-state index contributed by atoms with van der Waals surface area (Å²) in [6.45, 7) is 0. The molecule has 129 heavy (non-hydrogen) atoms. The predicted molar refractivity (Wildman–Crippen MR) is 538 cm³/mol. The highest BCUT2D eigenvalue weighted by Crippen LogP contribution is 2.43. The molecule has 0 unspecified atom stereocenters. The maximum Gasteiger partial charge on any atom is 0.0973 e. The molecule has 6 aromatic heterocycles. The van der Waals surface area contributed by atoms with Crippen LogP contribution >= 0.6 is 0 Å². The number of fused-ring (bicyclic) bond motifs is 16. The van der Waals surface area contributed by atoms with Crippen molar-refractivity contribution in [3.8, 4) is 107 Å². The molecule has 602 valence electrons. The Morgan fingerprint density at radius 2 is 0.403 bits per heavy atom. The van der Waals surface area contributed by atoms with Crippen molar-refractivity contribution in [2.24, 2.45) is 0 Å². The fourth-order valence-corrected chi connectivity index (χ4v) is 18.9. The summed E-state index contributed by atoms with van der Waals surface area (Å²) >= 11 is 0. The lowest BCUT2D eigenvalue weighted by Gasteiger charge is -2.13. The number of benzene rings is 20. The third kappa shape index (κ3) is 13.7. The summed E-state index contributed by atoms with van der Waals surface area (Å²) in [5.41, 5.74) is 32.1. The summed E-state index contributed by atoms with van der Waals surface area (Å²) in [4.78, 5) is 31.0. The largest absolute Gasteiger partial charge is 0.309 e. The molecule has 0 aliphatic heterocycles. The van der Waals surface area contributed by atoms with Crippen LogP contribution in [-0.2, 0) is 0 Å². The van der Waals surface area contributed by atoms with Crippen LogP contribution < -0.4 is 0 Å². The number of hydrogen-bond acceptors (Lipinski definition) is 6. The molecule has 0 saturated carbocycles. The Morgan fingerprint density at radius 1 is 0.132 bits per heavy atom. The molecular formula is C120H77N9. The van der Waals surface area contributed by atoms with E-state index in [0.717, 1.165) is 140 Å². The zero-order chi connectivity index (χ0) is 85.2. The molecule has 0 radical (unpaired) electrons. The van der Waals surface area contributed by atoms with Gasteiger partial charge in [0.05, 0.1) is 100 Å². The Labute approximate surface area is 743 Å². The van der Waals surface area contributed by atoms with Gasteiger partial charge in [0.1, 0.15) is 0 Å². The van der Waals surface area contributed by atoms with Crippen molar-refractivity contribution in [3.05, 3.63) is 467 Å². The predicted octanol–water partition coefficient (Wildman–Crippen LogP) is 31.0. The van der Waals surface area contributed by atoms with Gasteiger partial charge in [0, 0.05) is 88.1 Å². The summed E-state index contributed by atoms with van der Waals surface area (Å²) in [7, 11) is 0. The molecule has 0 aliphatic carbocycles. The molecule has 0 N–H and O–H groups in total. The van der Waals surface area contributed by atoms with E-state index in [9.17, 15) is 0 Å². The molecule has 6 heterocycles. The van der Waals surface area contributed by atoms with E-state index in [-0.39, 0.29) is 0 Å². The Bertz CT molecular complexity index is 8800. The maximum atomic E-state index is 5.23. The molecule has 0 bridgehead atoms. The standard InChI is InChI=1S/2C42H27N3.C36H23N3/c1-3-12-30(13-4-1)40-41(31-14-5-2-6-15-31)44-38-27-32(22-26-37(38)43-40)28-19-23-33(24-20-28)45-39-18-10-9-17-35(39)36-25-21-29-11-7-8-16-34(29)42(36)45;1-3-11-29(12-4-1)41-42(30-13-5-2-6-14-30)44-38-26-33(21-24-37(38)43-41)28-19-22-34(23-20-28)45-39-18-10-9-17-35(39)36-25-31-15-7-8-16-32(31)27-40(36)45;1-3-11-24(12-4-1)35-36(25-13-5-2-6-14-25)38-32-23-28(19-20-31(32)37-35)39-33-18-10-9-17-29(33)30-21-26-15-7-8-16-27(26)22-34(30)39/h2*1-27H;1-23H.